The van der Waals surface area contributed by atoms with E-state index in [-0.39, 0.29) is 18.8 Å². The molecule has 0 radical (unpaired) electrons. The largest absolute Gasteiger partial charge is 0.462 e. The van der Waals surface area contributed by atoms with Gasteiger partial charge in [-0.2, -0.15) is 0 Å². The number of carbonyl (C=O) groups excluding carboxylic acids is 2. The molecule has 2 aromatic carbocycles. The highest BCUT2D eigenvalue weighted by Gasteiger charge is 2.47. The topological polar surface area (TPSA) is 193 Å². The van der Waals surface area contributed by atoms with Gasteiger partial charge in [-0.25, -0.2) is 4.68 Å². The zero-order chi connectivity index (χ0) is 46.8. The molecule has 15 heteroatoms. The molecule has 65 heavy (non-hydrogen) atoms. The number of aliphatic hydroxyl groups excluding tert-OH is 4. The summed E-state index contributed by atoms with van der Waals surface area (Å²) < 4.78 is 20.7. The Balaban J connectivity index is 1.37. The number of pyridine rings is 1. The number of allylic oxidation sites excluding steroid dienone is 3. The summed E-state index contributed by atoms with van der Waals surface area (Å²) in [5.74, 6) is -2.91. The summed E-state index contributed by atoms with van der Waals surface area (Å²) in [7, 11) is 3.53. The first-order valence-electron chi connectivity index (χ1n) is 22.9. The fourth-order valence-corrected chi connectivity index (χ4v) is 9.28. The zero-order valence-corrected chi connectivity index (χ0v) is 38.8. The van der Waals surface area contributed by atoms with Crippen LogP contribution in [-0.2, 0) is 36.9 Å². The number of aliphatic hydroxyl groups is 4. The molecule has 0 bridgehead atoms. The summed E-state index contributed by atoms with van der Waals surface area (Å²) >= 11 is 0. The lowest BCUT2D eigenvalue weighted by Gasteiger charge is -2.46. The average molecular weight is 897 g/mol. The fraction of sp³-hybridized carbons (Fsp3) is 0.540. The van der Waals surface area contributed by atoms with E-state index in [9.17, 15) is 30.0 Å². The summed E-state index contributed by atoms with van der Waals surface area (Å²) in [4.78, 5) is 35.8. The highest BCUT2D eigenvalue weighted by Crippen LogP contribution is 2.35. The number of aromatic nitrogens is 4. The second kappa shape index (κ2) is 23.1. The second-order valence-corrected chi connectivity index (χ2v) is 18.2. The van der Waals surface area contributed by atoms with Gasteiger partial charge in [0, 0.05) is 54.0 Å². The number of hydrogen-bond donors (Lipinski definition) is 4. The van der Waals surface area contributed by atoms with Gasteiger partial charge in [0.1, 0.15) is 12.2 Å². The molecule has 15 nitrogen and oxygen atoms in total. The van der Waals surface area contributed by atoms with Gasteiger partial charge < -0.3 is 39.5 Å². The molecule has 12 atom stereocenters. The molecule has 2 aliphatic rings. The smallest absolute Gasteiger partial charge is 0.308 e. The van der Waals surface area contributed by atoms with Gasteiger partial charge in [-0.15, -0.1) is 5.10 Å². The number of hydrogen-bond acceptors (Lipinski definition) is 14. The van der Waals surface area contributed by atoms with Crippen LogP contribution in [-0.4, -0.2) is 138 Å². The Labute approximate surface area is 382 Å². The van der Waals surface area contributed by atoms with E-state index < -0.39 is 78.6 Å². The SMILES string of the molecule is CC[C@H]1OC(=O)C[C@@H](O)[C@H](C)[C@@H](O[C@@H]2O[C@H](C)[C@@H](O)C(N(C)C)C2O)[C@@H](CCN(Cc2ccccc2)Cc2cn(-c3cccc4cnccc34)nn2)C[C@@H](C)C(=O)/C=C/C(C)=C/[C@@H]1CO. The van der Waals surface area contributed by atoms with E-state index >= 15 is 0 Å². The number of rotatable bonds is 13. The summed E-state index contributed by atoms with van der Waals surface area (Å²) in [5.41, 5.74) is 3.44. The van der Waals surface area contributed by atoms with Crippen LogP contribution in [0.4, 0.5) is 0 Å². The molecule has 352 valence electrons. The Kier molecular flexibility index (Phi) is 17.7. The number of fused-ring (bicyclic) bond motifs is 1. The van der Waals surface area contributed by atoms with Crippen molar-refractivity contribution in [3.05, 3.63) is 108 Å². The van der Waals surface area contributed by atoms with Crippen LogP contribution in [0.2, 0.25) is 0 Å². The third kappa shape index (κ3) is 12.8. The summed E-state index contributed by atoms with van der Waals surface area (Å²) in [6.45, 7) is 10.3. The minimum absolute atomic E-state index is 0.110. The van der Waals surface area contributed by atoms with Crippen LogP contribution in [0.3, 0.4) is 0 Å². The van der Waals surface area contributed by atoms with Crippen LogP contribution >= 0.6 is 0 Å². The van der Waals surface area contributed by atoms with E-state index in [4.69, 9.17) is 14.2 Å². The first kappa shape index (κ1) is 49.7. The maximum atomic E-state index is 14.0. The standard InChI is InChI=1S/C50H68N6O9/c1-8-44-38(30-57)23-31(2)17-18-42(58)32(3)24-36(49(33(4)43(59)25-45(60)64-44)65-50-48(62)46(54(6)7)47(61)34(5)63-50)20-22-55(27-35-13-10-9-11-14-35)28-39-29-56(53-52-39)41-16-12-15-37-26-51-21-19-40(37)41/h9-19,21,23,26,29,32-34,36,38,43-44,46-50,57,59,61-62H,8,20,22,24-25,27-28,30H2,1-7H3/b18-17+,31-23+/t32-,33+,34-,36+,38-,43-,44-,46?,47-,48?,49-,50+/m1/s1. The Morgan fingerprint density at radius 2 is 1.72 bits per heavy atom. The first-order valence-corrected chi connectivity index (χ1v) is 22.9. The number of likely N-dealkylation sites (N-methyl/N-ethyl adjacent to an activating group) is 1. The van der Waals surface area contributed by atoms with E-state index in [1.165, 1.54) is 0 Å². The Bertz CT molecular complexity index is 2210. The molecule has 4 heterocycles. The van der Waals surface area contributed by atoms with Crippen molar-refractivity contribution in [2.24, 2.45) is 23.7 Å². The van der Waals surface area contributed by atoms with Crippen LogP contribution in [0.25, 0.3) is 16.5 Å². The molecule has 4 N–H and O–H groups in total. The second-order valence-electron chi connectivity index (χ2n) is 18.2. The number of cyclic esters (lactones) is 1. The van der Waals surface area contributed by atoms with Crippen LogP contribution in [0.5, 0.6) is 0 Å². The predicted octanol–water partition coefficient (Wildman–Crippen LogP) is 5.03. The zero-order valence-electron chi connectivity index (χ0n) is 38.8. The van der Waals surface area contributed by atoms with Crippen LogP contribution in [0, 0.1) is 23.7 Å². The number of ketones is 1. The van der Waals surface area contributed by atoms with E-state index in [1.54, 1.807) is 61.9 Å². The van der Waals surface area contributed by atoms with Crippen molar-refractivity contribution in [1.82, 2.24) is 29.8 Å². The van der Waals surface area contributed by atoms with E-state index in [2.05, 4.69) is 32.3 Å². The third-order valence-electron chi connectivity index (χ3n) is 13.1. The molecule has 2 unspecified atom stereocenters. The number of ether oxygens (including phenoxy) is 3. The van der Waals surface area contributed by atoms with Crippen molar-refractivity contribution >= 4 is 22.5 Å². The van der Waals surface area contributed by atoms with Crippen molar-refractivity contribution < 1.29 is 44.2 Å². The van der Waals surface area contributed by atoms with Gasteiger partial charge in [-0.1, -0.05) is 86.2 Å². The molecule has 0 saturated carbocycles. The van der Waals surface area contributed by atoms with E-state index in [0.717, 1.165) is 33.3 Å². The molecule has 6 rings (SSSR count). The molecular weight excluding hydrogens is 829 g/mol. The van der Waals surface area contributed by atoms with Gasteiger partial charge in [0.05, 0.1) is 61.1 Å². The summed E-state index contributed by atoms with van der Waals surface area (Å²) in [6, 6.07) is 17.3. The molecule has 0 amide bonds. The minimum atomic E-state index is -1.28. The van der Waals surface area contributed by atoms with Gasteiger partial charge >= 0.3 is 5.97 Å². The van der Waals surface area contributed by atoms with Crippen molar-refractivity contribution in [2.75, 3.05) is 27.2 Å². The number of benzene rings is 2. The molecule has 1 saturated heterocycles. The van der Waals surface area contributed by atoms with Gasteiger partial charge in [0.15, 0.2) is 12.1 Å². The van der Waals surface area contributed by atoms with Crippen LogP contribution in [0.1, 0.15) is 71.6 Å². The Morgan fingerprint density at radius 3 is 2.45 bits per heavy atom. The molecule has 1 fully saturated rings. The lowest BCUT2D eigenvalue weighted by atomic mass is 9.79. The van der Waals surface area contributed by atoms with Crippen molar-refractivity contribution in [3.8, 4) is 5.69 Å². The minimum Gasteiger partial charge on any atom is -0.462 e. The number of nitrogens with zero attached hydrogens (tertiary/aromatic N) is 6. The highest BCUT2D eigenvalue weighted by atomic mass is 16.7. The molecule has 0 aliphatic carbocycles. The number of carbonyl (C=O) groups is 2. The summed E-state index contributed by atoms with van der Waals surface area (Å²) in [6.07, 6.45) is 4.46. The Morgan fingerprint density at radius 1 is 0.954 bits per heavy atom. The fourth-order valence-electron chi connectivity index (χ4n) is 9.28. The van der Waals surface area contributed by atoms with Crippen LogP contribution < -0.4 is 0 Å². The molecular formula is C50H68N6O9. The predicted molar refractivity (Wildman–Crippen MR) is 246 cm³/mol. The lowest BCUT2D eigenvalue weighted by molar-refractivity contribution is -0.304. The molecule has 2 aliphatic heterocycles. The number of esters is 1. The third-order valence-corrected chi connectivity index (χ3v) is 13.1. The van der Waals surface area contributed by atoms with Crippen molar-refractivity contribution in [1.29, 1.82) is 0 Å². The maximum absolute atomic E-state index is 14.0. The lowest BCUT2D eigenvalue weighted by Crippen LogP contribution is -2.63. The average Bonchev–Trinajstić information content (AvgIpc) is 3.76. The van der Waals surface area contributed by atoms with E-state index in [0.29, 0.717) is 38.9 Å². The van der Waals surface area contributed by atoms with Crippen molar-refractivity contribution in [3.63, 3.8) is 0 Å². The first-order chi connectivity index (χ1) is 31.2. The highest BCUT2D eigenvalue weighted by molar-refractivity contribution is 5.92. The molecule has 0 spiro atoms. The Hall–Kier alpha value is -4.71. The molecule has 4 aromatic rings. The summed E-state index contributed by atoms with van der Waals surface area (Å²) in [5, 5.41) is 56.2. The van der Waals surface area contributed by atoms with Crippen LogP contribution in [0.15, 0.2) is 97.0 Å². The molecule has 2 aromatic heterocycles. The van der Waals surface area contributed by atoms with Gasteiger partial charge in [0.2, 0.25) is 0 Å². The monoisotopic (exact) mass is 897 g/mol. The van der Waals surface area contributed by atoms with Crippen molar-refractivity contribution in [2.45, 2.75) is 122 Å². The normalized spacial score (nSPS) is 31.2. The quantitative estimate of drug-likeness (QED) is 0.131. The van der Waals surface area contributed by atoms with Gasteiger partial charge in [-0.05, 0) is 83.4 Å². The van der Waals surface area contributed by atoms with E-state index in [1.807, 2.05) is 75.6 Å². The van der Waals surface area contributed by atoms with Gasteiger partial charge in [-0.3, -0.25) is 19.5 Å². The maximum Gasteiger partial charge on any atom is 0.308 e. The van der Waals surface area contributed by atoms with Gasteiger partial charge in [0.25, 0.3) is 0 Å².